The number of aromatic nitrogens is 4. The summed E-state index contributed by atoms with van der Waals surface area (Å²) < 4.78 is 2.10. The van der Waals surface area contributed by atoms with Gasteiger partial charge in [-0.25, -0.2) is 9.97 Å². The lowest BCUT2D eigenvalue weighted by atomic mass is 9.73. The molecule has 6 rings (SSSR count). The molecule has 2 aromatic carbocycles. The van der Waals surface area contributed by atoms with Gasteiger partial charge in [0.05, 0.1) is 5.69 Å². The van der Waals surface area contributed by atoms with Gasteiger partial charge in [-0.3, -0.25) is 9.55 Å². The van der Waals surface area contributed by atoms with E-state index in [1.165, 1.54) is 12.0 Å². The fourth-order valence-electron chi connectivity index (χ4n) is 4.43. The van der Waals surface area contributed by atoms with E-state index in [0.29, 0.717) is 0 Å². The number of imidazole rings is 1. The minimum Gasteiger partial charge on any atom is -0.321 e. The molecule has 156 valence electrons. The molecule has 0 radical (unpaired) electrons. The van der Waals surface area contributed by atoms with Crippen LogP contribution < -0.4 is 5.73 Å². The van der Waals surface area contributed by atoms with Crippen molar-refractivity contribution in [3.8, 4) is 28.5 Å². The first-order valence-electron chi connectivity index (χ1n) is 11.0. The third kappa shape index (κ3) is 3.10. The molecule has 5 nitrogen and oxygen atoms in total. The Morgan fingerprint density at radius 2 is 1.53 bits per heavy atom. The molecule has 5 aromatic rings. The topological polar surface area (TPSA) is 69.6 Å². The summed E-state index contributed by atoms with van der Waals surface area (Å²) in [4.78, 5) is 14.5. The molecule has 1 saturated carbocycles. The number of benzene rings is 2. The third-order valence-corrected chi connectivity index (χ3v) is 6.41. The van der Waals surface area contributed by atoms with Crippen molar-refractivity contribution in [2.45, 2.75) is 24.8 Å². The van der Waals surface area contributed by atoms with Crippen LogP contribution in [-0.4, -0.2) is 19.5 Å². The zero-order valence-electron chi connectivity index (χ0n) is 17.6. The van der Waals surface area contributed by atoms with E-state index in [2.05, 4.69) is 45.9 Å². The maximum absolute atomic E-state index is 6.55. The first-order valence-corrected chi connectivity index (χ1v) is 11.0. The lowest BCUT2D eigenvalue weighted by molar-refractivity contribution is 0.253. The summed E-state index contributed by atoms with van der Waals surface area (Å²) in [5, 5.41) is 0. The van der Waals surface area contributed by atoms with Gasteiger partial charge >= 0.3 is 0 Å². The van der Waals surface area contributed by atoms with Crippen LogP contribution in [0.15, 0.2) is 91.1 Å². The minimum absolute atomic E-state index is 0.182. The van der Waals surface area contributed by atoms with Crippen LogP contribution in [0.3, 0.4) is 0 Å². The average molecular weight is 418 g/mol. The number of fused-ring (bicyclic) bond motifs is 1. The Labute approximate surface area is 186 Å². The molecule has 3 heterocycles. The van der Waals surface area contributed by atoms with Gasteiger partial charge in [-0.05, 0) is 61.2 Å². The highest BCUT2D eigenvalue weighted by Crippen LogP contribution is 2.39. The van der Waals surface area contributed by atoms with Gasteiger partial charge in [0.1, 0.15) is 11.2 Å². The van der Waals surface area contributed by atoms with Crippen molar-refractivity contribution >= 4 is 11.2 Å². The molecule has 3 aromatic heterocycles. The van der Waals surface area contributed by atoms with Crippen molar-refractivity contribution in [2.24, 2.45) is 5.73 Å². The van der Waals surface area contributed by atoms with Crippen LogP contribution in [0.4, 0.5) is 0 Å². The lowest BCUT2D eigenvalue weighted by Crippen LogP contribution is -2.43. The van der Waals surface area contributed by atoms with Gasteiger partial charge in [-0.15, -0.1) is 0 Å². The van der Waals surface area contributed by atoms with Crippen molar-refractivity contribution in [3.05, 3.63) is 96.7 Å². The Balaban J connectivity index is 1.55. The smallest absolute Gasteiger partial charge is 0.165 e. The number of hydrogen-bond donors (Lipinski definition) is 1. The quantitative estimate of drug-likeness (QED) is 0.420. The number of rotatable bonds is 4. The largest absolute Gasteiger partial charge is 0.321 e. The monoisotopic (exact) mass is 417 g/mol. The van der Waals surface area contributed by atoms with Gasteiger partial charge in [0, 0.05) is 23.0 Å². The second-order valence-electron chi connectivity index (χ2n) is 8.45. The summed E-state index contributed by atoms with van der Waals surface area (Å²) in [6, 6.07) is 28.7. The van der Waals surface area contributed by atoms with Gasteiger partial charge in [-0.1, -0.05) is 48.5 Å². The number of nitrogens with zero attached hydrogens (tertiary/aromatic N) is 4. The van der Waals surface area contributed by atoms with Crippen LogP contribution in [-0.2, 0) is 5.54 Å². The predicted molar refractivity (Wildman–Crippen MR) is 127 cm³/mol. The lowest BCUT2D eigenvalue weighted by Gasteiger charge is -2.38. The molecular weight excluding hydrogens is 394 g/mol. The van der Waals surface area contributed by atoms with E-state index in [0.717, 1.165) is 52.5 Å². The van der Waals surface area contributed by atoms with Gasteiger partial charge in [0.2, 0.25) is 0 Å². The van der Waals surface area contributed by atoms with Crippen molar-refractivity contribution in [2.75, 3.05) is 0 Å². The van der Waals surface area contributed by atoms with Crippen LogP contribution in [0.1, 0.15) is 24.8 Å². The number of pyridine rings is 2. The molecule has 1 fully saturated rings. The Bertz CT molecular complexity index is 1390. The molecule has 0 amide bonds. The van der Waals surface area contributed by atoms with E-state index in [-0.39, 0.29) is 5.54 Å². The fourth-order valence-corrected chi connectivity index (χ4v) is 4.43. The second-order valence-corrected chi connectivity index (χ2v) is 8.45. The molecule has 0 spiro atoms. The highest BCUT2D eigenvalue weighted by atomic mass is 15.1. The molecule has 1 aliphatic carbocycles. The molecule has 1 aliphatic rings. The zero-order valence-corrected chi connectivity index (χ0v) is 17.6. The molecule has 0 saturated heterocycles. The normalized spacial score (nSPS) is 14.9. The zero-order chi connectivity index (χ0) is 21.5. The van der Waals surface area contributed by atoms with E-state index < -0.39 is 0 Å². The maximum atomic E-state index is 6.55. The van der Waals surface area contributed by atoms with Crippen LogP contribution in [0, 0.1) is 0 Å². The summed E-state index contributed by atoms with van der Waals surface area (Å²) >= 11 is 0. The molecule has 5 heteroatoms. The van der Waals surface area contributed by atoms with Crippen molar-refractivity contribution in [1.29, 1.82) is 0 Å². The van der Waals surface area contributed by atoms with Crippen molar-refractivity contribution in [3.63, 3.8) is 0 Å². The van der Waals surface area contributed by atoms with Gasteiger partial charge in [0.15, 0.2) is 11.5 Å². The highest BCUT2D eigenvalue weighted by molar-refractivity contribution is 5.82. The van der Waals surface area contributed by atoms with Crippen molar-refractivity contribution < 1.29 is 0 Å². The average Bonchev–Trinajstić information content (AvgIpc) is 3.22. The van der Waals surface area contributed by atoms with E-state index in [1.54, 1.807) is 6.20 Å². The van der Waals surface area contributed by atoms with Crippen LogP contribution in [0.5, 0.6) is 0 Å². The van der Waals surface area contributed by atoms with Gasteiger partial charge in [-0.2, -0.15) is 0 Å². The van der Waals surface area contributed by atoms with Gasteiger partial charge < -0.3 is 5.73 Å². The summed E-state index contributed by atoms with van der Waals surface area (Å²) in [5.74, 6) is 0.775. The molecule has 0 aliphatic heterocycles. The summed E-state index contributed by atoms with van der Waals surface area (Å²) in [7, 11) is 0. The minimum atomic E-state index is -0.182. The van der Waals surface area contributed by atoms with Gasteiger partial charge in [0.25, 0.3) is 0 Å². The Morgan fingerprint density at radius 1 is 0.750 bits per heavy atom. The number of hydrogen-bond acceptors (Lipinski definition) is 4. The first kappa shape index (κ1) is 18.9. The second kappa shape index (κ2) is 7.39. The Morgan fingerprint density at radius 3 is 2.22 bits per heavy atom. The van der Waals surface area contributed by atoms with E-state index >= 15 is 0 Å². The summed E-state index contributed by atoms with van der Waals surface area (Å²) in [6.45, 7) is 0. The molecule has 2 N–H and O–H groups in total. The summed E-state index contributed by atoms with van der Waals surface area (Å²) in [5.41, 5.74) is 13.0. The van der Waals surface area contributed by atoms with Crippen molar-refractivity contribution in [1.82, 2.24) is 19.5 Å². The molecule has 0 bridgehead atoms. The van der Waals surface area contributed by atoms with E-state index in [9.17, 15) is 0 Å². The molecule has 0 atom stereocenters. The van der Waals surface area contributed by atoms with Crippen LogP contribution in [0.25, 0.3) is 39.6 Å². The van der Waals surface area contributed by atoms with E-state index in [1.807, 2.05) is 48.5 Å². The Hall–Kier alpha value is -3.83. The third-order valence-electron chi connectivity index (χ3n) is 6.41. The molecule has 32 heavy (non-hydrogen) atoms. The SMILES string of the molecule is NC1(c2ccc(-n3c(-c4ccccn4)nc4ccc(-c5ccccc5)nc43)cc2)CCC1. The standard InChI is InChI=1S/C27H23N5/c28-27(16-6-17-27)20-10-12-21(13-11-20)32-25(23-9-4-5-18-29-23)31-24-15-14-22(30-26(24)32)19-7-2-1-3-8-19/h1-5,7-15,18H,6,16-17,28H2. The fraction of sp³-hybridized carbons (Fsp3) is 0.148. The van der Waals surface area contributed by atoms with Crippen LogP contribution in [0.2, 0.25) is 0 Å². The Kier molecular flexibility index (Phi) is 4.37. The van der Waals surface area contributed by atoms with E-state index in [4.69, 9.17) is 15.7 Å². The molecule has 0 unspecified atom stereocenters. The maximum Gasteiger partial charge on any atom is 0.165 e. The number of nitrogens with two attached hydrogens (primary N) is 1. The van der Waals surface area contributed by atoms with Crippen LogP contribution >= 0.6 is 0 Å². The highest BCUT2D eigenvalue weighted by Gasteiger charge is 2.34. The summed E-state index contributed by atoms with van der Waals surface area (Å²) in [6.07, 6.45) is 5.07. The predicted octanol–water partition coefficient (Wildman–Crippen LogP) is 5.49. The first-order chi connectivity index (χ1) is 15.7. The molecular formula is C27H23N5.